The fourth-order valence-electron chi connectivity index (χ4n) is 3.71. The second kappa shape index (κ2) is 8.23. The van der Waals surface area contributed by atoms with Gasteiger partial charge in [0.15, 0.2) is 0 Å². The van der Waals surface area contributed by atoms with Crippen molar-refractivity contribution in [3.05, 3.63) is 53.1 Å². The first-order valence-electron chi connectivity index (χ1n) is 9.56. The van der Waals surface area contributed by atoms with Crippen molar-refractivity contribution in [2.24, 2.45) is 0 Å². The maximum atomic E-state index is 14.2. The minimum Gasteiger partial charge on any atom is -0.392 e. The quantitative estimate of drug-likeness (QED) is 0.877. The summed E-state index contributed by atoms with van der Waals surface area (Å²) in [4.78, 5) is 17.1. The van der Waals surface area contributed by atoms with E-state index < -0.39 is 0 Å². The zero-order valence-electron chi connectivity index (χ0n) is 16.3. The van der Waals surface area contributed by atoms with Crippen LogP contribution >= 0.6 is 0 Å². The molecule has 0 radical (unpaired) electrons. The molecule has 1 aromatic heterocycles. The second-order valence-electron chi connectivity index (χ2n) is 7.23. The fourth-order valence-corrected chi connectivity index (χ4v) is 3.71. The van der Waals surface area contributed by atoms with E-state index in [-0.39, 0.29) is 17.8 Å². The Morgan fingerprint density at radius 2 is 1.85 bits per heavy atom. The van der Waals surface area contributed by atoms with Crippen molar-refractivity contribution in [3.63, 3.8) is 0 Å². The molecule has 1 aliphatic rings. The van der Waals surface area contributed by atoms with Gasteiger partial charge in [-0.1, -0.05) is 19.1 Å². The number of carbonyl (C=O) groups is 1. The average Bonchev–Trinajstić information content (AvgIpc) is 2.96. The summed E-state index contributed by atoms with van der Waals surface area (Å²) in [5.41, 5.74) is 2.68. The summed E-state index contributed by atoms with van der Waals surface area (Å²) in [7, 11) is 0. The topological polar surface area (TPSA) is 48.7 Å². The van der Waals surface area contributed by atoms with Crippen LogP contribution in [0.3, 0.4) is 0 Å². The molecule has 0 bridgehead atoms. The van der Waals surface area contributed by atoms with Crippen LogP contribution in [-0.4, -0.2) is 64.2 Å². The van der Waals surface area contributed by atoms with Crippen molar-refractivity contribution in [1.29, 1.82) is 0 Å². The van der Waals surface area contributed by atoms with E-state index >= 15 is 0 Å². The molecule has 2 aromatic rings. The highest BCUT2D eigenvalue weighted by Crippen LogP contribution is 2.24. The highest BCUT2D eigenvalue weighted by molar-refractivity contribution is 5.96. The maximum absolute atomic E-state index is 14.2. The van der Waals surface area contributed by atoms with E-state index in [1.165, 1.54) is 6.07 Å². The fraction of sp³-hybridized carbons (Fsp3) is 0.476. The molecular formula is C21H28FN3O2. The van der Waals surface area contributed by atoms with Crippen molar-refractivity contribution >= 4 is 5.91 Å². The Kier molecular flexibility index (Phi) is 5.97. The van der Waals surface area contributed by atoms with Crippen molar-refractivity contribution in [2.45, 2.75) is 33.3 Å². The van der Waals surface area contributed by atoms with Gasteiger partial charge in [-0.15, -0.1) is 0 Å². The molecule has 2 heterocycles. The maximum Gasteiger partial charge on any atom is 0.255 e. The van der Waals surface area contributed by atoms with Crippen LogP contribution < -0.4 is 0 Å². The zero-order valence-corrected chi connectivity index (χ0v) is 16.3. The zero-order chi connectivity index (χ0) is 19.6. The van der Waals surface area contributed by atoms with E-state index in [2.05, 4.69) is 4.90 Å². The molecule has 3 rings (SSSR count). The molecule has 0 aliphatic carbocycles. The van der Waals surface area contributed by atoms with Crippen LogP contribution in [0.5, 0.6) is 0 Å². The molecule has 1 fully saturated rings. The first kappa shape index (κ1) is 19.6. The molecule has 1 saturated heterocycles. The van der Waals surface area contributed by atoms with Crippen molar-refractivity contribution < 1.29 is 14.3 Å². The highest BCUT2D eigenvalue weighted by Gasteiger charge is 2.26. The molecule has 1 aromatic carbocycles. The van der Waals surface area contributed by atoms with Crippen LogP contribution in [0.15, 0.2) is 30.3 Å². The van der Waals surface area contributed by atoms with E-state index in [0.717, 1.165) is 30.9 Å². The number of para-hydroxylation sites is 1. The Labute approximate surface area is 160 Å². The summed E-state index contributed by atoms with van der Waals surface area (Å²) in [6.07, 6.45) is 0.424. The van der Waals surface area contributed by atoms with Gasteiger partial charge in [0.2, 0.25) is 0 Å². The number of aliphatic hydroxyl groups excluding tert-OH is 1. The van der Waals surface area contributed by atoms with E-state index in [1.807, 2.05) is 31.7 Å². The van der Waals surface area contributed by atoms with Crippen LogP contribution in [0, 0.1) is 19.7 Å². The SMILES string of the molecule is CCC(O)CN1CCN(C(=O)c2cc(C)n(-c3ccccc3F)c2C)CC1. The number of rotatable bonds is 5. The number of benzene rings is 1. The smallest absolute Gasteiger partial charge is 0.255 e. The molecule has 1 N–H and O–H groups in total. The number of carbonyl (C=O) groups excluding carboxylic acids is 1. The third kappa shape index (κ3) is 4.06. The summed E-state index contributed by atoms with van der Waals surface area (Å²) in [5, 5.41) is 9.81. The molecule has 0 spiro atoms. The van der Waals surface area contributed by atoms with Crippen LogP contribution in [0.1, 0.15) is 35.1 Å². The summed E-state index contributed by atoms with van der Waals surface area (Å²) in [5.74, 6) is -0.317. The van der Waals surface area contributed by atoms with Gasteiger partial charge in [0, 0.05) is 44.1 Å². The van der Waals surface area contributed by atoms with Gasteiger partial charge < -0.3 is 14.6 Å². The second-order valence-corrected chi connectivity index (χ2v) is 7.23. The number of nitrogens with zero attached hydrogens (tertiary/aromatic N) is 3. The minimum atomic E-state index is -0.313. The molecule has 1 atom stereocenters. The number of amides is 1. The largest absolute Gasteiger partial charge is 0.392 e. The number of hydrogen-bond donors (Lipinski definition) is 1. The van der Waals surface area contributed by atoms with E-state index in [0.29, 0.717) is 30.9 Å². The van der Waals surface area contributed by atoms with E-state index in [4.69, 9.17) is 0 Å². The summed E-state index contributed by atoms with van der Waals surface area (Å²) in [6.45, 7) is 9.16. The first-order chi connectivity index (χ1) is 12.9. The van der Waals surface area contributed by atoms with Crippen LogP contribution in [0.2, 0.25) is 0 Å². The lowest BCUT2D eigenvalue weighted by Gasteiger charge is -2.35. The number of aliphatic hydroxyl groups is 1. The molecule has 1 unspecified atom stereocenters. The molecule has 1 amide bonds. The molecule has 146 valence electrons. The lowest BCUT2D eigenvalue weighted by molar-refractivity contribution is 0.0523. The Hall–Kier alpha value is -2.18. The number of hydrogen-bond acceptors (Lipinski definition) is 3. The minimum absolute atomic E-state index is 0.0126. The molecule has 0 saturated carbocycles. The molecule has 5 nitrogen and oxygen atoms in total. The van der Waals surface area contributed by atoms with Crippen LogP contribution in [-0.2, 0) is 0 Å². The lowest BCUT2D eigenvalue weighted by Crippen LogP contribution is -2.50. The van der Waals surface area contributed by atoms with Gasteiger partial charge in [0.1, 0.15) is 5.82 Å². The number of aromatic nitrogens is 1. The standard InChI is InChI=1S/C21H28FN3O2/c1-4-17(26)14-23-9-11-24(12-10-23)21(27)18-13-15(2)25(16(18)3)20-8-6-5-7-19(20)22/h5-8,13,17,26H,4,9-12,14H2,1-3H3. The predicted molar refractivity (Wildman–Crippen MR) is 104 cm³/mol. The number of β-amino-alcohol motifs (C(OH)–C–C–N with tert-alkyl or cyclic N) is 1. The molecule has 1 aliphatic heterocycles. The number of halogens is 1. The molecular weight excluding hydrogens is 345 g/mol. The van der Waals surface area contributed by atoms with Crippen LogP contribution in [0.25, 0.3) is 5.69 Å². The third-order valence-corrected chi connectivity index (χ3v) is 5.35. The molecule has 6 heteroatoms. The van der Waals surface area contributed by atoms with Crippen molar-refractivity contribution in [1.82, 2.24) is 14.4 Å². The number of aryl methyl sites for hydroxylation is 1. The summed E-state index contributed by atoms with van der Waals surface area (Å²) >= 11 is 0. The first-order valence-corrected chi connectivity index (χ1v) is 9.56. The van der Waals surface area contributed by atoms with Gasteiger partial charge in [-0.3, -0.25) is 9.69 Å². The van der Waals surface area contributed by atoms with Gasteiger partial charge in [-0.25, -0.2) is 4.39 Å². The van der Waals surface area contributed by atoms with E-state index in [9.17, 15) is 14.3 Å². The monoisotopic (exact) mass is 373 g/mol. The molecule has 27 heavy (non-hydrogen) atoms. The Morgan fingerprint density at radius 1 is 1.19 bits per heavy atom. The highest BCUT2D eigenvalue weighted by atomic mass is 19.1. The summed E-state index contributed by atoms with van der Waals surface area (Å²) < 4.78 is 16.0. The predicted octanol–water partition coefficient (Wildman–Crippen LogP) is 2.76. The number of piperazine rings is 1. The van der Waals surface area contributed by atoms with Gasteiger partial charge in [0.25, 0.3) is 5.91 Å². The lowest BCUT2D eigenvalue weighted by atomic mass is 10.2. The third-order valence-electron chi connectivity index (χ3n) is 5.35. The van der Waals surface area contributed by atoms with Gasteiger partial charge in [0.05, 0.1) is 17.4 Å². The van der Waals surface area contributed by atoms with Crippen LogP contribution in [0.4, 0.5) is 4.39 Å². The normalized spacial score (nSPS) is 16.6. The van der Waals surface area contributed by atoms with Crippen molar-refractivity contribution in [3.8, 4) is 5.69 Å². The van der Waals surface area contributed by atoms with Gasteiger partial charge in [-0.2, -0.15) is 0 Å². The Balaban J connectivity index is 1.75. The van der Waals surface area contributed by atoms with Gasteiger partial charge in [-0.05, 0) is 38.5 Å². The van der Waals surface area contributed by atoms with Crippen molar-refractivity contribution in [2.75, 3.05) is 32.7 Å². The van der Waals surface area contributed by atoms with E-state index in [1.54, 1.807) is 22.8 Å². The van der Waals surface area contributed by atoms with Gasteiger partial charge >= 0.3 is 0 Å². The average molecular weight is 373 g/mol. The Morgan fingerprint density at radius 3 is 2.48 bits per heavy atom. The summed E-state index contributed by atoms with van der Waals surface area (Å²) in [6, 6.07) is 8.45. The Bertz CT molecular complexity index is 810.